The predicted octanol–water partition coefficient (Wildman–Crippen LogP) is 0.123. The number of rotatable bonds is 11. The summed E-state index contributed by atoms with van der Waals surface area (Å²) >= 11 is 8.03. The summed E-state index contributed by atoms with van der Waals surface area (Å²) in [4.78, 5) is 65.3. The van der Waals surface area contributed by atoms with Crippen LogP contribution in [0.25, 0.3) is 22.2 Å². The van der Waals surface area contributed by atoms with Gasteiger partial charge >= 0.3 is 6.80 Å². The summed E-state index contributed by atoms with van der Waals surface area (Å²) in [5.74, 6) is -0.553. The average molecular weight is 725 g/mol. The quantitative estimate of drug-likeness (QED) is 0.0783. The third-order valence-corrected chi connectivity index (χ3v) is 9.76. The Kier molecular flexibility index (Phi) is 8.72. The van der Waals surface area contributed by atoms with Crippen LogP contribution in [-0.2, 0) is 37.6 Å². The topological polar surface area (TPSA) is 247 Å². The maximum atomic E-state index is 13.2. The number of aromatic nitrogens is 7. The second kappa shape index (κ2) is 12.6. The van der Waals surface area contributed by atoms with Crippen LogP contribution in [0.1, 0.15) is 25.3 Å². The van der Waals surface area contributed by atoms with Gasteiger partial charge < -0.3 is 34.3 Å². The van der Waals surface area contributed by atoms with Gasteiger partial charge in [-0.2, -0.15) is 4.98 Å². The van der Waals surface area contributed by atoms with E-state index in [0.717, 1.165) is 0 Å². The van der Waals surface area contributed by atoms with E-state index in [1.54, 1.807) is 16.7 Å². The molecule has 4 N–H and O–H groups in total. The number of nitrogens with one attached hydrogen (secondary N) is 1. The van der Waals surface area contributed by atoms with Crippen molar-refractivity contribution in [3.8, 4) is 0 Å². The first kappa shape index (κ1) is 33.3. The number of anilines is 1. The number of H-pyrrole nitrogens is 1. The number of ether oxygens (including phenoxy) is 5. The normalized spacial score (nSPS) is 31.5. The number of carbonyl (C=O) groups is 1. The zero-order chi connectivity index (χ0) is 34.0. The number of pyridine rings is 1. The van der Waals surface area contributed by atoms with Gasteiger partial charge in [0.1, 0.15) is 31.0 Å². The number of nitrogens with zero attached hydrogens (tertiary/aromatic N) is 6. The number of methoxy groups -OCH3 is 1. The Labute approximate surface area is 280 Å². The minimum atomic E-state index is -4.20. The average Bonchev–Trinajstić information content (AvgIpc) is 3.56. The van der Waals surface area contributed by atoms with Gasteiger partial charge in [-0.25, -0.2) is 19.5 Å². The van der Waals surface area contributed by atoms with Crippen molar-refractivity contribution >= 4 is 65.6 Å². The van der Waals surface area contributed by atoms with Crippen molar-refractivity contribution in [3.05, 3.63) is 51.7 Å². The Hall–Kier alpha value is -3.24. The molecular weight excluding hydrogens is 695 g/mol. The molecule has 22 heteroatoms. The van der Waals surface area contributed by atoms with Crippen LogP contribution in [0.2, 0.25) is 0 Å². The second-order valence-corrected chi connectivity index (χ2v) is 14.7. The van der Waals surface area contributed by atoms with Gasteiger partial charge in [-0.3, -0.25) is 33.0 Å². The summed E-state index contributed by atoms with van der Waals surface area (Å²) in [6.45, 7) is -4.76. The molecule has 0 bridgehead atoms. The van der Waals surface area contributed by atoms with Crippen LogP contribution in [0.4, 0.5) is 5.95 Å². The Morgan fingerprint density at radius 1 is 1.10 bits per heavy atom. The summed E-state index contributed by atoms with van der Waals surface area (Å²) < 4.78 is 49.4. The van der Waals surface area contributed by atoms with Crippen molar-refractivity contribution in [2.75, 3.05) is 26.1 Å². The number of nitrogen functional groups attached to an aromatic ring is 1. The predicted molar refractivity (Wildman–Crippen MR) is 170 cm³/mol. The zero-order valence-corrected chi connectivity index (χ0v) is 27.6. The molecule has 3 aliphatic rings. The third kappa shape index (κ3) is 6.19. The highest BCUT2D eigenvalue weighted by molar-refractivity contribution is 8.44. The van der Waals surface area contributed by atoms with Crippen LogP contribution in [0, 0.1) is 0 Å². The highest BCUT2D eigenvalue weighted by Gasteiger charge is 2.68. The van der Waals surface area contributed by atoms with E-state index in [1.807, 2.05) is 0 Å². The number of nitrogens with two attached hydrogens (primary N) is 1. The Morgan fingerprint density at radius 3 is 2.56 bits per heavy atom. The maximum Gasteiger partial charge on any atom is 0.383 e. The van der Waals surface area contributed by atoms with Crippen molar-refractivity contribution < 1.29 is 42.5 Å². The molecule has 2 aliphatic heterocycles. The van der Waals surface area contributed by atoms with Gasteiger partial charge in [-0.05, 0) is 12.1 Å². The Morgan fingerprint density at radius 2 is 1.81 bits per heavy atom. The molecule has 7 rings (SSSR count). The van der Waals surface area contributed by atoms with Gasteiger partial charge in [0.2, 0.25) is 16.7 Å². The molecule has 0 aromatic carbocycles. The number of imidazole rings is 1. The van der Waals surface area contributed by atoms with Crippen molar-refractivity contribution in [2.45, 2.75) is 60.8 Å². The molecule has 2 saturated heterocycles. The summed E-state index contributed by atoms with van der Waals surface area (Å²) in [7, 11) is 1.50. The molecule has 256 valence electrons. The summed E-state index contributed by atoms with van der Waals surface area (Å²) in [5, 5.41) is 0.261. The molecule has 6 heterocycles. The van der Waals surface area contributed by atoms with Crippen LogP contribution in [-0.4, -0.2) is 101 Å². The summed E-state index contributed by atoms with van der Waals surface area (Å²) in [6.07, 6.45) is -1.10. The molecule has 3 fully saturated rings. The minimum absolute atomic E-state index is 0.0523. The van der Waals surface area contributed by atoms with Crippen molar-refractivity contribution in [2.24, 2.45) is 0 Å². The first-order chi connectivity index (χ1) is 22.9. The minimum Gasteiger partial charge on any atom is -0.378 e. The van der Waals surface area contributed by atoms with Crippen LogP contribution in [0.15, 0.2) is 40.6 Å². The fraction of sp³-hybridized carbons (Fsp3) is 0.500. The molecule has 0 spiro atoms. The summed E-state index contributed by atoms with van der Waals surface area (Å²) in [5.41, 5.74) is 5.39. The third-order valence-electron chi connectivity index (χ3n) is 8.34. The lowest BCUT2D eigenvalue weighted by Gasteiger charge is -2.21. The second-order valence-electron chi connectivity index (χ2n) is 11.3. The summed E-state index contributed by atoms with van der Waals surface area (Å²) in [6, 6.07) is 3.18. The number of Topliss-reactive ketones (excluding diaryl/α,β-unsaturated/α-hetero) is 1. The Balaban J connectivity index is 1.04. The van der Waals surface area contributed by atoms with Crippen molar-refractivity contribution in [3.63, 3.8) is 0 Å². The van der Waals surface area contributed by atoms with E-state index in [9.17, 15) is 23.8 Å². The van der Waals surface area contributed by atoms with Gasteiger partial charge in [0, 0.05) is 26.1 Å². The molecule has 1 aliphatic carbocycles. The number of thiol groups is 2. The van der Waals surface area contributed by atoms with Crippen LogP contribution in [0.3, 0.4) is 0 Å². The van der Waals surface area contributed by atoms with Gasteiger partial charge in [0.05, 0.1) is 37.1 Å². The monoisotopic (exact) mass is 724 g/mol. The van der Waals surface area contributed by atoms with Gasteiger partial charge in [-0.1, -0.05) is 12.2 Å². The number of hydrogen-bond donors (Lipinski definition) is 5. The molecule has 9 atom stereocenters. The molecule has 0 amide bonds. The van der Waals surface area contributed by atoms with Gasteiger partial charge in [0.25, 0.3) is 11.1 Å². The molecule has 4 aromatic heterocycles. The largest absolute Gasteiger partial charge is 0.383 e. The molecule has 19 nitrogen and oxygen atoms in total. The maximum absolute atomic E-state index is 13.2. The molecule has 48 heavy (non-hydrogen) atoms. The first-order valence-electron chi connectivity index (χ1n) is 14.5. The molecule has 4 aromatic rings. The van der Waals surface area contributed by atoms with E-state index in [2.05, 4.69) is 49.8 Å². The smallest absolute Gasteiger partial charge is 0.378 e. The zero-order valence-electron chi connectivity index (χ0n) is 24.9. The fourth-order valence-electron chi connectivity index (χ4n) is 5.87. The van der Waals surface area contributed by atoms with Gasteiger partial charge in [-0.15, -0.1) is 12.6 Å². The highest BCUT2D eigenvalue weighted by Crippen LogP contribution is 2.49. The number of fused-ring (bicyclic) bond motifs is 2. The van der Waals surface area contributed by atoms with E-state index in [0.29, 0.717) is 6.42 Å². The Bertz CT molecular complexity index is 2060. The van der Waals surface area contributed by atoms with E-state index >= 15 is 0 Å². The number of carbonyl (C=O) groups excluding carboxylic acids is 1. The fourth-order valence-corrected chi connectivity index (χ4v) is 6.72. The first-order valence-corrected chi connectivity index (χ1v) is 17.7. The molecule has 1 saturated carbocycles. The standard InChI is InChI=1S/C26H29N8O11PS2/c1-40-12-5-16(33-9-29-18-22(33)31-25(27)32-23(18)36)43-14(12)7-41-26(47)19(35)20(26)45-13-6-17(44-15(13)8-42-46(38,39)48)34-10-30-21-11(24(34)37)3-2-4-28-21/h2-4,9-10,12-17,20,47H,5-8H2,1H3,(H2,38,39,48)(H3,27,31,32,36)/t12?,13-,14+,15+,16+,17+,20?,26?/m0/s1. The molecule has 4 unspecified atom stereocenters. The number of aromatic amines is 1. The number of hydrogen-bond acceptors (Lipinski definition) is 16. The lowest BCUT2D eigenvalue weighted by Crippen LogP contribution is -2.33. The molecule has 0 radical (unpaired) electrons. The molecular formula is C26H29N8O11PS2. The SMILES string of the molecule is COC1C[C@H](n2cnc3c(=O)[nH]c(N)nc32)O[C@@H]1COC1(S)C(=O)C1O[C@H]1C[C@H](n2cnc3ncccc3c2=O)O[C@@H]1COP(=O)(O)S. The van der Waals surface area contributed by atoms with E-state index in [1.165, 1.54) is 30.5 Å². The number of ketones is 1. The van der Waals surface area contributed by atoms with E-state index in [4.69, 9.17) is 33.9 Å². The van der Waals surface area contributed by atoms with Crippen LogP contribution in [0.5, 0.6) is 0 Å². The van der Waals surface area contributed by atoms with Crippen molar-refractivity contribution in [1.82, 2.24) is 34.1 Å². The van der Waals surface area contributed by atoms with Crippen LogP contribution < -0.4 is 16.9 Å². The lowest BCUT2D eigenvalue weighted by molar-refractivity contribution is -0.118. The van der Waals surface area contributed by atoms with E-state index in [-0.39, 0.29) is 41.2 Å². The highest BCUT2D eigenvalue weighted by atomic mass is 32.7. The van der Waals surface area contributed by atoms with Crippen LogP contribution >= 0.6 is 31.7 Å². The lowest BCUT2D eigenvalue weighted by atomic mass is 10.2. The van der Waals surface area contributed by atoms with E-state index < -0.39 is 78.2 Å². The van der Waals surface area contributed by atoms with Crippen molar-refractivity contribution in [1.29, 1.82) is 0 Å². The van der Waals surface area contributed by atoms with Gasteiger partial charge in [0.15, 0.2) is 22.9 Å².